The summed E-state index contributed by atoms with van der Waals surface area (Å²) in [4.78, 5) is 24.9. The van der Waals surface area contributed by atoms with Crippen LogP contribution in [0.5, 0.6) is 5.75 Å². The van der Waals surface area contributed by atoms with Crippen molar-refractivity contribution >= 4 is 23.4 Å². The number of carbonyl (C=O) groups is 2. The predicted octanol–water partition coefficient (Wildman–Crippen LogP) is 3.88. The molecular formula is C20H19ClN2O3. The molecule has 3 rings (SSSR count). The van der Waals surface area contributed by atoms with E-state index in [1.165, 1.54) is 6.07 Å². The normalized spacial score (nSPS) is 16.8. The summed E-state index contributed by atoms with van der Waals surface area (Å²) in [5.74, 6) is -0.106. The molecule has 1 aliphatic heterocycles. The van der Waals surface area contributed by atoms with Crippen LogP contribution in [0.4, 0.5) is 4.79 Å². The van der Waals surface area contributed by atoms with Crippen molar-refractivity contribution in [1.29, 1.82) is 0 Å². The summed E-state index contributed by atoms with van der Waals surface area (Å²) in [6.45, 7) is 1.78. The minimum atomic E-state index is -0.618. The van der Waals surface area contributed by atoms with E-state index < -0.39 is 6.04 Å². The van der Waals surface area contributed by atoms with Gasteiger partial charge in [0.15, 0.2) is 5.78 Å². The number of benzene rings is 2. The lowest BCUT2D eigenvalue weighted by Crippen LogP contribution is -2.46. The van der Waals surface area contributed by atoms with Crippen LogP contribution >= 0.6 is 11.6 Å². The summed E-state index contributed by atoms with van der Waals surface area (Å²) in [5, 5.41) is 15.4. The van der Waals surface area contributed by atoms with Crippen LogP contribution in [0.3, 0.4) is 0 Å². The summed E-state index contributed by atoms with van der Waals surface area (Å²) in [7, 11) is 0. The van der Waals surface area contributed by atoms with Crippen LogP contribution in [-0.4, -0.2) is 16.9 Å². The van der Waals surface area contributed by atoms with Crippen LogP contribution in [0.2, 0.25) is 5.02 Å². The fraction of sp³-hybridized carbons (Fsp3) is 0.200. The molecule has 3 N–H and O–H groups in total. The number of amides is 2. The van der Waals surface area contributed by atoms with Crippen molar-refractivity contribution in [3.63, 3.8) is 0 Å². The van der Waals surface area contributed by atoms with E-state index in [0.29, 0.717) is 29.7 Å². The molecule has 2 amide bonds. The third-order valence-electron chi connectivity index (χ3n) is 4.30. The smallest absolute Gasteiger partial charge is 0.319 e. The molecule has 0 saturated heterocycles. The van der Waals surface area contributed by atoms with Gasteiger partial charge in [-0.3, -0.25) is 4.79 Å². The average molecular weight is 371 g/mol. The number of allylic oxidation sites excluding steroid dienone is 1. The fourth-order valence-corrected chi connectivity index (χ4v) is 3.22. The second-order valence-corrected chi connectivity index (χ2v) is 6.48. The second kappa shape index (κ2) is 7.62. The SMILES string of the molecule is CCC(=O)C1=C(Cc2ccccc2)NC(=O)NC1c1ccc(O)c(Cl)c1. The standard InChI is InChI=1S/C20H19ClN2O3/c1-2-16(24)18-15(10-12-6-4-3-5-7-12)22-20(26)23-19(18)13-8-9-17(25)14(21)11-13/h3-9,11,19,25H,2,10H2,1H3,(H2,22,23,26). The number of urea groups is 1. The first-order valence-electron chi connectivity index (χ1n) is 8.35. The zero-order valence-corrected chi connectivity index (χ0v) is 15.0. The number of phenolic OH excluding ortho intramolecular Hbond substituents is 1. The number of ketones is 1. The van der Waals surface area contributed by atoms with Crippen LogP contribution in [0.1, 0.15) is 30.5 Å². The molecule has 0 aromatic heterocycles. The highest BCUT2D eigenvalue weighted by molar-refractivity contribution is 6.32. The summed E-state index contributed by atoms with van der Waals surface area (Å²) < 4.78 is 0. The van der Waals surface area contributed by atoms with Crippen molar-refractivity contribution in [2.45, 2.75) is 25.8 Å². The van der Waals surface area contributed by atoms with Gasteiger partial charge in [-0.15, -0.1) is 0 Å². The molecule has 0 bridgehead atoms. The Labute approximate surface area is 156 Å². The maximum absolute atomic E-state index is 12.7. The quantitative estimate of drug-likeness (QED) is 0.747. The molecule has 6 heteroatoms. The van der Waals surface area contributed by atoms with Crippen molar-refractivity contribution in [3.8, 4) is 5.75 Å². The highest BCUT2D eigenvalue weighted by Crippen LogP contribution is 2.33. The largest absolute Gasteiger partial charge is 0.506 e. The van der Waals surface area contributed by atoms with E-state index in [2.05, 4.69) is 10.6 Å². The summed E-state index contributed by atoms with van der Waals surface area (Å²) in [5.41, 5.74) is 2.73. The molecule has 2 aromatic rings. The molecule has 26 heavy (non-hydrogen) atoms. The van der Waals surface area contributed by atoms with Gasteiger partial charge in [0.05, 0.1) is 11.1 Å². The minimum Gasteiger partial charge on any atom is -0.506 e. The summed E-state index contributed by atoms with van der Waals surface area (Å²) in [6, 6.07) is 13.3. The second-order valence-electron chi connectivity index (χ2n) is 6.07. The van der Waals surface area contributed by atoms with E-state index >= 15 is 0 Å². The molecule has 0 radical (unpaired) electrons. The zero-order chi connectivity index (χ0) is 18.7. The molecule has 0 fully saturated rings. The first kappa shape index (κ1) is 18.0. The fourth-order valence-electron chi connectivity index (χ4n) is 3.03. The molecule has 0 saturated carbocycles. The third-order valence-corrected chi connectivity index (χ3v) is 4.61. The number of hydrogen-bond acceptors (Lipinski definition) is 3. The molecule has 1 aliphatic rings. The maximum Gasteiger partial charge on any atom is 0.319 e. The lowest BCUT2D eigenvalue weighted by Gasteiger charge is -2.30. The maximum atomic E-state index is 12.7. The molecule has 1 unspecified atom stereocenters. The van der Waals surface area contributed by atoms with Crippen LogP contribution < -0.4 is 10.6 Å². The van der Waals surface area contributed by atoms with E-state index in [1.807, 2.05) is 30.3 Å². The number of halogens is 1. The van der Waals surface area contributed by atoms with Crippen molar-refractivity contribution in [3.05, 3.63) is 76.0 Å². The van der Waals surface area contributed by atoms with Crippen molar-refractivity contribution in [2.24, 2.45) is 0 Å². The first-order chi connectivity index (χ1) is 12.5. The van der Waals surface area contributed by atoms with Gasteiger partial charge >= 0.3 is 6.03 Å². The van der Waals surface area contributed by atoms with Crippen molar-refractivity contribution in [2.75, 3.05) is 0 Å². The number of nitrogens with one attached hydrogen (secondary N) is 2. The highest BCUT2D eigenvalue weighted by atomic mass is 35.5. The number of Topliss-reactive ketones (excluding diaryl/α,β-unsaturated/α-hetero) is 1. The van der Waals surface area contributed by atoms with Gasteiger partial charge in [-0.05, 0) is 23.3 Å². The number of hydrogen-bond donors (Lipinski definition) is 3. The van der Waals surface area contributed by atoms with Gasteiger partial charge in [-0.1, -0.05) is 54.9 Å². The Balaban J connectivity index is 2.08. The van der Waals surface area contributed by atoms with Gasteiger partial charge in [0.1, 0.15) is 5.75 Å². The number of phenols is 1. The van der Waals surface area contributed by atoms with Crippen LogP contribution in [-0.2, 0) is 11.2 Å². The van der Waals surface area contributed by atoms with Gasteiger partial charge in [0.25, 0.3) is 0 Å². The molecule has 2 aromatic carbocycles. The molecule has 1 heterocycles. The average Bonchev–Trinajstić information content (AvgIpc) is 2.64. The van der Waals surface area contributed by atoms with Crippen molar-refractivity contribution in [1.82, 2.24) is 10.6 Å². The Bertz CT molecular complexity index is 878. The number of rotatable bonds is 5. The van der Waals surface area contributed by atoms with Crippen LogP contribution in [0.15, 0.2) is 59.8 Å². The lowest BCUT2D eigenvalue weighted by molar-refractivity contribution is -0.115. The van der Waals surface area contributed by atoms with Gasteiger partial charge in [-0.2, -0.15) is 0 Å². The Morgan fingerprint density at radius 2 is 1.92 bits per heavy atom. The molecular weight excluding hydrogens is 352 g/mol. The van der Waals surface area contributed by atoms with E-state index in [4.69, 9.17) is 11.6 Å². The first-order valence-corrected chi connectivity index (χ1v) is 8.73. The van der Waals surface area contributed by atoms with Crippen molar-refractivity contribution < 1.29 is 14.7 Å². The van der Waals surface area contributed by atoms with Gasteiger partial charge in [0.2, 0.25) is 0 Å². The Kier molecular flexibility index (Phi) is 5.28. The van der Waals surface area contributed by atoms with E-state index in [-0.39, 0.29) is 22.6 Å². The van der Waals surface area contributed by atoms with Gasteiger partial charge in [-0.25, -0.2) is 4.79 Å². The molecule has 134 valence electrons. The third kappa shape index (κ3) is 3.73. The van der Waals surface area contributed by atoms with Crippen LogP contribution in [0, 0.1) is 0 Å². The van der Waals surface area contributed by atoms with Crippen LogP contribution in [0.25, 0.3) is 0 Å². The Morgan fingerprint density at radius 1 is 1.19 bits per heavy atom. The van der Waals surface area contributed by atoms with Gasteiger partial charge < -0.3 is 15.7 Å². The predicted molar refractivity (Wildman–Crippen MR) is 100.0 cm³/mol. The highest BCUT2D eigenvalue weighted by Gasteiger charge is 2.32. The summed E-state index contributed by atoms with van der Waals surface area (Å²) >= 11 is 6.02. The number of aromatic hydroxyl groups is 1. The summed E-state index contributed by atoms with van der Waals surface area (Å²) in [6.07, 6.45) is 0.755. The lowest BCUT2D eigenvalue weighted by atomic mass is 9.89. The number of carbonyl (C=O) groups excluding carboxylic acids is 2. The molecule has 5 nitrogen and oxygen atoms in total. The molecule has 0 aliphatic carbocycles. The van der Waals surface area contributed by atoms with E-state index in [9.17, 15) is 14.7 Å². The molecule has 0 spiro atoms. The molecule has 1 atom stereocenters. The Hall–Kier alpha value is -2.79. The zero-order valence-electron chi connectivity index (χ0n) is 14.3. The van der Waals surface area contributed by atoms with E-state index in [0.717, 1.165) is 5.56 Å². The van der Waals surface area contributed by atoms with E-state index in [1.54, 1.807) is 19.1 Å². The topological polar surface area (TPSA) is 78.4 Å². The Morgan fingerprint density at radius 3 is 2.58 bits per heavy atom. The monoisotopic (exact) mass is 370 g/mol. The van der Waals surface area contributed by atoms with Gasteiger partial charge in [0, 0.05) is 24.1 Å². The minimum absolute atomic E-state index is 0.0486.